The first-order valence-corrected chi connectivity index (χ1v) is 5.57. The normalized spacial score (nSPS) is 55.2. The van der Waals surface area contributed by atoms with Crippen molar-refractivity contribution >= 4 is 0 Å². The topological polar surface area (TPSA) is 12.0 Å². The van der Waals surface area contributed by atoms with Crippen LogP contribution in [-0.4, -0.2) is 12.1 Å². The second-order valence-corrected chi connectivity index (χ2v) is 5.23. The van der Waals surface area contributed by atoms with E-state index in [1.165, 1.54) is 19.4 Å². The van der Waals surface area contributed by atoms with Gasteiger partial charge in [0.1, 0.15) is 0 Å². The van der Waals surface area contributed by atoms with Crippen LogP contribution < -0.4 is 5.32 Å². The van der Waals surface area contributed by atoms with Crippen LogP contribution in [0.4, 0.5) is 0 Å². The van der Waals surface area contributed by atoms with Crippen LogP contribution in [0.25, 0.3) is 0 Å². The Kier molecular flexibility index (Phi) is 1.39. The molecule has 2 unspecified atom stereocenters. The molecule has 4 aliphatic rings. The van der Waals surface area contributed by atoms with Crippen molar-refractivity contribution in [2.24, 2.45) is 17.8 Å². The highest BCUT2D eigenvalue weighted by molar-refractivity contribution is 5.12. The van der Waals surface area contributed by atoms with E-state index in [1.807, 2.05) is 0 Å². The van der Waals surface area contributed by atoms with Gasteiger partial charge < -0.3 is 5.32 Å². The van der Waals surface area contributed by atoms with E-state index >= 15 is 0 Å². The molecule has 0 spiro atoms. The summed E-state index contributed by atoms with van der Waals surface area (Å²) < 4.78 is 0. The summed E-state index contributed by atoms with van der Waals surface area (Å²) in [6.07, 6.45) is 7.65. The molecule has 4 aliphatic carbocycles. The average molecular weight is 165 g/mol. The maximum absolute atomic E-state index is 3.78. The van der Waals surface area contributed by atoms with Gasteiger partial charge in [-0.15, -0.1) is 0 Å². The minimum atomic E-state index is 0.627. The van der Waals surface area contributed by atoms with E-state index in [1.54, 1.807) is 19.3 Å². The number of hydrogen-bond acceptors (Lipinski definition) is 1. The number of nitrogens with one attached hydrogen (secondary N) is 1. The molecule has 0 amide bonds. The van der Waals surface area contributed by atoms with E-state index in [2.05, 4.69) is 12.2 Å². The Hall–Kier alpha value is -0.0400. The maximum Gasteiger partial charge on any atom is 0.0215 e. The van der Waals surface area contributed by atoms with Gasteiger partial charge in [0.05, 0.1) is 0 Å². The molecule has 68 valence electrons. The van der Waals surface area contributed by atoms with Crippen LogP contribution >= 0.6 is 0 Å². The zero-order valence-corrected chi connectivity index (χ0v) is 7.97. The Balaban J connectivity index is 1.88. The second-order valence-electron chi connectivity index (χ2n) is 5.23. The lowest BCUT2D eigenvalue weighted by atomic mass is 9.80. The lowest BCUT2D eigenvalue weighted by Crippen LogP contribution is -2.46. The molecule has 0 aromatic carbocycles. The van der Waals surface area contributed by atoms with Crippen LogP contribution in [0.3, 0.4) is 0 Å². The summed E-state index contributed by atoms with van der Waals surface area (Å²) in [6, 6.07) is 0. The molecule has 1 heteroatoms. The number of rotatable bonds is 2. The molecule has 4 saturated carbocycles. The third-order valence-electron chi connectivity index (χ3n) is 4.52. The fourth-order valence-corrected chi connectivity index (χ4v) is 4.44. The Labute approximate surface area is 74.9 Å². The summed E-state index contributed by atoms with van der Waals surface area (Å²) in [5, 5.41) is 3.78. The maximum atomic E-state index is 3.78. The van der Waals surface area contributed by atoms with Crippen LogP contribution in [0.15, 0.2) is 0 Å². The summed E-state index contributed by atoms with van der Waals surface area (Å²) >= 11 is 0. The molecule has 1 nitrogen and oxygen atoms in total. The molecule has 0 aliphatic heterocycles. The SMILES string of the molecule is CCNC12C[C@@H]3CC1C[C@@H](C3)C2. The molecule has 4 bridgehead atoms. The van der Waals surface area contributed by atoms with E-state index in [0.717, 1.165) is 17.8 Å². The fourth-order valence-electron chi connectivity index (χ4n) is 4.44. The van der Waals surface area contributed by atoms with Gasteiger partial charge in [0.25, 0.3) is 0 Å². The molecular weight excluding hydrogens is 146 g/mol. The first kappa shape index (κ1) is 7.37. The third kappa shape index (κ3) is 0.783. The average Bonchev–Trinajstić information content (AvgIpc) is 2.36. The third-order valence-corrected chi connectivity index (χ3v) is 4.52. The highest BCUT2D eigenvalue weighted by Crippen LogP contribution is 2.60. The highest BCUT2D eigenvalue weighted by atomic mass is 15.0. The Bertz CT molecular complexity index is 185. The van der Waals surface area contributed by atoms with E-state index in [9.17, 15) is 0 Å². The summed E-state index contributed by atoms with van der Waals surface area (Å²) in [6.45, 7) is 3.43. The Morgan fingerprint density at radius 2 is 1.83 bits per heavy atom. The van der Waals surface area contributed by atoms with Crippen molar-refractivity contribution in [2.45, 2.75) is 44.6 Å². The molecular formula is C11H19N. The van der Waals surface area contributed by atoms with Crippen molar-refractivity contribution in [1.82, 2.24) is 5.32 Å². The van der Waals surface area contributed by atoms with Gasteiger partial charge in [-0.2, -0.15) is 0 Å². The van der Waals surface area contributed by atoms with E-state index < -0.39 is 0 Å². The molecule has 4 fully saturated rings. The zero-order chi connectivity index (χ0) is 8.18. The van der Waals surface area contributed by atoms with E-state index in [4.69, 9.17) is 0 Å². The Morgan fingerprint density at radius 3 is 2.42 bits per heavy atom. The predicted molar refractivity (Wildman–Crippen MR) is 50.0 cm³/mol. The van der Waals surface area contributed by atoms with Gasteiger partial charge in [-0.25, -0.2) is 0 Å². The molecule has 0 aromatic rings. The molecule has 4 atom stereocenters. The van der Waals surface area contributed by atoms with Gasteiger partial charge in [-0.1, -0.05) is 6.92 Å². The van der Waals surface area contributed by atoms with Gasteiger partial charge in [0, 0.05) is 5.54 Å². The van der Waals surface area contributed by atoms with Crippen molar-refractivity contribution in [2.75, 3.05) is 6.54 Å². The van der Waals surface area contributed by atoms with Gasteiger partial charge in [0.15, 0.2) is 0 Å². The molecule has 4 rings (SSSR count). The lowest BCUT2D eigenvalue weighted by molar-refractivity contribution is 0.238. The first-order valence-electron chi connectivity index (χ1n) is 5.57. The van der Waals surface area contributed by atoms with Crippen LogP contribution in [0.5, 0.6) is 0 Å². The van der Waals surface area contributed by atoms with Gasteiger partial charge in [-0.05, 0) is 56.4 Å². The van der Waals surface area contributed by atoms with Crippen molar-refractivity contribution in [3.05, 3.63) is 0 Å². The number of hydrogen-bond donors (Lipinski definition) is 1. The smallest absolute Gasteiger partial charge is 0.0215 e. The van der Waals surface area contributed by atoms with Crippen LogP contribution in [0, 0.1) is 17.8 Å². The van der Waals surface area contributed by atoms with Crippen molar-refractivity contribution in [3.8, 4) is 0 Å². The Morgan fingerprint density at radius 1 is 1.17 bits per heavy atom. The van der Waals surface area contributed by atoms with Crippen molar-refractivity contribution in [3.63, 3.8) is 0 Å². The van der Waals surface area contributed by atoms with Crippen LogP contribution in [0.2, 0.25) is 0 Å². The summed E-state index contributed by atoms with van der Waals surface area (Å²) in [4.78, 5) is 0. The molecule has 12 heavy (non-hydrogen) atoms. The van der Waals surface area contributed by atoms with Gasteiger partial charge in [0.2, 0.25) is 0 Å². The van der Waals surface area contributed by atoms with Crippen LogP contribution in [0.1, 0.15) is 39.0 Å². The molecule has 0 aromatic heterocycles. The minimum absolute atomic E-state index is 0.627. The largest absolute Gasteiger partial charge is 0.311 e. The molecule has 1 N–H and O–H groups in total. The summed E-state index contributed by atoms with van der Waals surface area (Å²) in [5.74, 6) is 3.25. The van der Waals surface area contributed by atoms with Crippen molar-refractivity contribution < 1.29 is 0 Å². The highest BCUT2D eigenvalue weighted by Gasteiger charge is 2.56. The van der Waals surface area contributed by atoms with Gasteiger partial charge >= 0.3 is 0 Å². The molecule has 0 heterocycles. The zero-order valence-electron chi connectivity index (χ0n) is 7.97. The predicted octanol–water partition coefficient (Wildman–Crippen LogP) is 2.17. The summed E-state index contributed by atoms with van der Waals surface area (Å²) in [5.41, 5.74) is 0.627. The van der Waals surface area contributed by atoms with Crippen LogP contribution in [-0.2, 0) is 0 Å². The molecule has 0 radical (unpaired) electrons. The van der Waals surface area contributed by atoms with Crippen molar-refractivity contribution in [1.29, 1.82) is 0 Å². The monoisotopic (exact) mass is 165 g/mol. The lowest BCUT2D eigenvalue weighted by Gasteiger charge is -2.33. The quantitative estimate of drug-likeness (QED) is 0.661. The van der Waals surface area contributed by atoms with E-state index in [0.29, 0.717) is 5.54 Å². The van der Waals surface area contributed by atoms with E-state index in [-0.39, 0.29) is 0 Å². The van der Waals surface area contributed by atoms with Gasteiger partial charge in [-0.3, -0.25) is 0 Å². The summed E-state index contributed by atoms with van der Waals surface area (Å²) in [7, 11) is 0. The second kappa shape index (κ2) is 2.25. The standard InChI is InChI=1S/C11H19N/c1-2-12-11-6-8-3-9(7-11)5-10(11)4-8/h8-10,12H,2-7H2,1H3/t8-,9+,10?,11?. The minimum Gasteiger partial charge on any atom is -0.311 e. The first-order chi connectivity index (χ1) is 5.82. The fraction of sp³-hybridized carbons (Fsp3) is 1.00. The molecule has 0 saturated heterocycles.